The van der Waals surface area contributed by atoms with Crippen LogP contribution in [-0.4, -0.2) is 6.61 Å². The lowest BCUT2D eigenvalue weighted by atomic mass is 9.74. The Morgan fingerprint density at radius 3 is 2.80 bits per heavy atom. The summed E-state index contributed by atoms with van der Waals surface area (Å²) in [6.45, 7) is 7.48. The quantitative estimate of drug-likeness (QED) is 0.715. The van der Waals surface area contributed by atoms with E-state index in [9.17, 15) is 0 Å². The maximum atomic E-state index is 5.54. The smallest absolute Gasteiger partial charge is 0.119 e. The fraction of sp³-hybridized carbons (Fsp3) is 0.571. The van der Waals surface area contributed by atoms with Gasteiger partial charge in [0.1, 0.15) is 5.75 Å². The van der Waals surface area contributed by atoms with Crippen LogP contribution in [0.5, 0.6) is 5.75 Å². The van der Waals surface area contributed by atoms with Crippen molar-refractivity contribution in [2.45, 2.75) is 40.0 Å². The van der Waals surface area contributed by atoms with Gasteiger partial charge in [0.25, 0.3) is 0 Å². The van der Waals surface area contributed by atoms with Crippen LogP contribution < -0.4 is 4.74 Å². The van der Waals surface area contributed by atoms with Gasteiger partial charge in [0.2, 0.25) is 0 Å². The number of benzene rings is 1. The third-order valence-electron chi connectivity index (χ3n) is 3.23. The van der Waals surface area contributed by atoms with Gasteiger partial charge in [-0.15, -0.1) is 0 Å². The van der Waals surface area contributed by atoms with E-state index >= 15 is 0 Å². The predicted molar refractivity (Wildman–Crippen MR) is 63.4 cm³/mol. The summed E-state index contributed by atoms with van der Waals surface area (Å²) in [6.07, 6.45) is 3.70. The van der Waals surface area contributed by atoms with Crippen molar-refractivity contribution in [3.05, 3.63) is 29.3 Å². The fourth-order valence-corrected chi connectivity index (χ4v) is 2.34. The first kappa shape index (κ1) is 10.5. The Hall–Kier alpha value is -0.980. The topological polar surface area (TPSA) is 9.23 Å². The molecule has 1 aromatic rings. The summed E-state index contributed by atoms with van der Waals surface area (Å²) in [6, 6.07) is 6.55. The van der Waals surface area contributed by atoms with Crippen molar-refractivity contribution in [2.75, 3.05) is 6.61 Å². The minimum atomic E-state index is 0.456. The Kier molecular flexibility index (Phi) is 2.72. The van der Waals surface area contributed by atoms with Gasteiger partial charge in [-0.05, 0) is 54.9 Å². The van der Waals surface area contributed by atoms with Gasteiger partial charge < -0.3 is 4.74 Å². The Balaban J connectivity index is 2.27. The van der Waals surface area contributed by atoms with Crippen molar-refractivity contribution >= 4 is 0 Å². The molecule has 0 fully saturated rings. The Morgan fingerprint density at radius 1 is 1.27 bits per heavy atom. The van der Waals surface area contributed by atoms with Crippen LogP contribution in [-0.2, 0) is 12.8 Å². The molecule has 1 nitrogen and oxygen atoms in total. The van der Waals surface area contributed by atoms with E-state index in [-0.39, 0.29) is 0 Å². The van der Waals surface area contributed by atoms with Crippen molar-refractivity contribution < 1.29 is 4.74 Å². The molecule has 15 heavy (non-hydrogen) atoms. The van der Waals surface area contributed by atoms with E-state index in [4.69, 9.17) is 4.74 Å². The van der Waals surface area contributed by atoms with Gasteiger partial charge in [0.05, 0.1) is 6.61 Å². The molecular formula is C14H20O. The molecule has 0 aliphatic heterocycles. The van der Waals surface area contributed by atoms with Gasteiger partial charge in [-0.3, -0.25) is 0 Å². The molecule has 0 N–H and O–H groups in total. The lowest BCUT2D eigenvalue weighted by Gasteiger charge is -2.31. The highest BCUT2D eigenvalue weighted by molar-refractivity contribution is 5.38. The summed E-state index contributed by atoms with van der Waals surface area (Å²) in [5, 5.41) is 0. The van der Waals surface area contributed by atoms with Gasteiger partial charge in [0.15, 0.2) is 0 Å². The van der Waals surface area contributed by atoms with E-state index in [0.29, 0.717) is 5.41 Å². The van der Waals surface area contributed by atoms with Crippen LogP contribution >= 0.6 is 0 Å². The summed E-state index contributed by atoms with van der Waals surface area (Å²) in [5.41, 5.74) is 3.45. The zero-order chi connectivity index (χ0) is 10.9. The zero-order valence-electron chi connectivity index (χ0n) is 9.97. The number of ether oxygens (including phenoxy) is 1. The average molecular weight is 204 g/mol. The summed E-state index contributed by atoms with van der Waals surface area (Å²) >= 11 is 0. The molecule has 0 aromatic heterocycles. The number of rotatable bonds is 2. The maximum Gasteiger partial charge on any atom is 0.119 e. The van der Waals surface area contributed by atoms with Crippen LogP contribution in [0.4, 0.5) is 0 Å². The third kappa shape index (κ3) is 2.34. The highest BCUT2D eigenvalue weighted by Crippen LogP contribution is 2.35. The van der Waals surface area contributed by atoms with Crippen LogP contribution in [0.3, 0.4) is 0 Å². The van der Waals surface area contributed by atoms with Gasteiger partial charge in [0, 0.05) is 0 Å². The second-order valence-electron chi connectivity index (χ2n) is 5.20. The van der Waals surface area contributed by atoms with Gasteiger partial charge in [-0.25, -0.2) is 0 Å². The first-order chi connectivity index (χ1) is 7.11. The first-order valence-electron chi connectivity index (χ1n) is 5.85. The number of hydrogen-bond donors (Lipinski definition) is 0. The number of aryl methyl sites for hydroxylation is 1. The average Bonchev–Trinajstić information content (AvgIpc) is 2.16. The third-order valence-corrected chi connectivity index (χ3v) is 3.23. The molecule has 2 rings (SSSR count). The molecule has 0 saturated carbocycles. The standard InChI is InChI=1S/C14H20O/c1-4-15-13-6-5-11-7-8-14(2,3)10-12(11)9-13/h5-6,9H,4,7-8,10H2,1-3H3. The fourth-order valence-electron chi connectivity index (χ4n) is 2.34. The second kappa shape index (κ2) is 3.88. The van der Waals surface area contributed by atoms with E-state index in [1.54, 1.807) is 0 Å². The summed E-state index contributed by atoms with van der Waals surface area (Å²) in [5.74, 6) is 1.02. The second-order valence-corrected chi connectivity index (χ2v) is 5.20. The van der Waals surface area contributed by atoms with E-state index in [1.165, 1.54) is 30.4 Å². The minimum absolute atomic E-state index is 0.456. The Morgan fingerprint density at radius 2 is 2.07 bits per heavy atom. The first-order valence-corrected chi connectivity index (χ1v) is 5.85. The van der Waals surface area contributed by atoms with Gasteiger partial charge in [-0.1, -0.05) is 19.9 Å². The molecule has 1 heteroatoms. The summed E-state index contributed by atoms with van der Waals surface area (Å²) in [7, 11) is 0. The molecule has 0 spiro atoms. The SMILES string of the molecule is CCOc1ccc2c(c1)CC(C)(C)CC2. The van der Waals surface area contributed by atoms with E-state index in [1.807, 2.05) is 6.92 Å². The van der Waals surface area contributed by atoms with Crippen LogP contribution in [0, 0.1) is 5.41 Å². The van der Waals surface area contributed by atoms with Gasteiger partial charge >= 0.3 is 0 Å². The van der Waals surface area contributed by atoms with Crippen molar-refractivity contribution in [1.29, 1.82) is 0 Å². The van der Waals surface area contributed by atoms with Crippen LogP contribution in [0.2, 0.25) is 0 Å². The molecule has 82 valence electrons. The molecule has 1 aromatic carbocycles. The monoisotopic (exact) mass is 204 g/mol. The summed E-state index contributed by atoms with van der Waals surface area (Å²) < 4.78 is 5.54. The zero-order valence-corrected chi connectivity index (χ0v) is 9.97. The maximum absolute atomic E-state index is 5.54. The predicted octanol–water partition coefficient (Wildman–Crippen LogP) is 3.60. The molecule has 1 aliphatic rings. The molecule has 0 radical (unpaired) electrons. The van der Waals surface area contributed by atoms with E-state index < -0.39 is 0 Å². The molecule has 0 atom stereocenters. The molecule has 1 aliphatic carbocycles. The largest absolute Gasteiger partial charge is 0.494 e. The van der Waals surface area contributed by atoms with Crippen LogP contribution in [0.25, 0.3) is 0 Å². The molecular weight excluding hydrogens is 184 g/mol. The Bertz CT molecular complexity index is 352. The van der Waals surface area contributed by atoms with E-state index in [2.05, 4.69) is 32.0 Å². The van der Waals surface area contributed by atoms with E-state index in [0.717, 1.165) is 12.4 Å². The molecule has 0 heterocycles. The molecule has 0 amide bonds. The normalized spacial score (nSPS) is 18.3. The van der Waals surface area contributed by atoms with Crippen LogP contribution in [0.1, 0.15) is 38.3 Å². The van der Waals surface area contributed by atoms with Crippen LogP contribution in [0.15, 0.2) is 18.2 Å². The van der Waals surface area contributed by atoms with Crippen molar-refractivity contribution in [3.8, 4) is 5.75 Å². The molecule has 0 bridgehead atoms. The highest BCUT2D eigenvalue weighted by Gasteiger charge is 2.25. The number of hydrogen-bond acceptors (Lipinski definition) is 1. The Labute approximate surface area is 92.5 Å². The van der Waals surface area contributed by atoms with Gasteiger partial charge in [-0.2, -0.15) is 0 Å². The van der Waals surface area contributed by atoms with Crippen molar-refractivity contribution in [2.24, 2.45) is 5.41 Å². The lowest BCUT2D eigenvalue weighted by molar-refractivity contribution is 0.311. The van der Waals surface area contributed by atoms with Crippen molar-refractivity contribution in [1.82, 2.24) is 0 Å². The lowest BCUT2D eigenvalue weighted by Crippen LogP contribution is -2.22. The minimum Gasteiger partial charge on any atom is -0.494 e. The van der Waals surface area contributed by atoms with Crippen molar-refractivity contribution in [3.63, 3.8) is 0 Å². The molecule has 0 unspecified atom stereocenters. The number of fused-ring (bicyclic) bond motifs is 1. The molecule has 0 saturated heterocycles. The highest BCUT2D eigenvalue weighted by atomic mass is 16.5. The summed E-state index contributed by atoms with van der Waals surface area (Å²) in [4.78, 5) is 0.